The van der Waals surface area contributed by atoms with Gasteiger partial charge in [-0.15, -0.1) is 11.3 Å². The molecule has 0 spiro atoms. The molecule has 0 bridgehead atoms. The van der Waals surface area contributed by atoms with Crippen molar-refractivity contribution >= 4 is 45.7 Å². The van der Waals surface area contributed by atoms with Crippen LogP contribution in [0.4, 0.5) is 15.6 Å². The van der Waals surface area contributed by atoms with Crippen LogP contribution >= 0.6 is 22.9 Å². The number of nitrogens with zero attached hydrogens (tertiary/aromatic N) is 3. The number of methoxy groups -OCH3 is 1. The lowest BCUT2D eigenvalue weighted by Crippen LogP contribution is -2.48. The van der Waals surface area contributed by atoms with Crippen molar-refractivity contribution in [2.75, 3.05) is 51.0 Å². The van der Waals surface area contributed by atoms with E-state index >= 15 is 0 Å². The van der Waals surface area contributed by atoms with Crippen molar-refractivity contribution in [2.45, 2.75) is 6.42 Å². The molecule has 0 atom stereocenters. The van der Waals surface area contributed by atoms with Crippen molar-refractivity contribution in [2.24, 2.45) is 0 Å². The summed E-state index contributed by atoms with van der Waals surface area (Å²) in [5, 5.41) is 8.25. The van der Waals surface area contributed by atoms with E-state index in [1.54, 1.807) is 28.5 Å². The minimum Gasteiger partial charge on any atom is -0.495 e. The van der Waals surface area contributed by atoms with Gasteiger partial charge in [0.25, 0.3) is 0 Å². The molecule has 0 aliphatic carbocycles. The van der Waals surface area contributed by atoms with E-state index in [9.17, 15) is 9.59 Å². The Morgan fingerprint density at radius 2 is 2.00 bits per heavy atom. The Morgan fingerprint density at radius 1 is 1.25 bits per heavy atom. The van der Waals surface area contributed by atoms with Crippen LogP contribution in [0.1, 0.15) is 5.69 Å². The lowest BCUT2D eigenvalue weighted by Gasteiger charge is -2.32. The molecule has 28 heavy (non-hydrogen) atoms. The molecule has 8 nitrogen and oxygen atoms in total. The Labute approximate surface area is 172 Å². The van der Waals surface area contributed by atoms with E-state index in [-0.39, 0.29) is 18.4 Å². The number of anilines is 2. The second-order valence-corrected chi connectivity index (χ2v) is 7.70. The summed E-state index contributed by atoms with van der Waals surface area (Å²) in [5.74, 6) is 0.323. The Bertz CT molecular complexity index is 851. The van der Waals surface area contributed by atoms with Gasteiger partial charge < -0.3 is 19.9 Å². The van der Waals surface area contributed by atoms with Gasteiger partial charge in [0, 0.05) is 37.2 Å². The van der Waals surface area contributed by atoms with E-state index in [4.69, 9.17) is 16.3 Å². The zero-order valence-electron chi connectivity index (χ0n) is 15.7. The number of nitrogens with one attached hydrogen (secondary N) is 2. The first-order chi connectivity index (χ1) is 13.4. The number of amides is 3. The number of hydrogen-bond donors (Lipinski definition) is 2. The third kappa shape index (κ3) is 5.34. The highest BCUT2D eigenvalue weighted by Crippen LogP contribution is 2.27. The molecule has 3 rings (SSSR count). The maximum Gasteiger partial charge on any atom is 0.323 e. The molecule has 150 valence electrons. The summed E-state index contributed by atoms with van der Waals surface area (Å²) in [6.45, 7) is 3.08. The van der Waals surface area contributed by atoms with Crippen molar-refractivity contribution in [3.8, 4) is 5.75 Å². The third-order valence-corrected chi connectivity index (χ3v) is 5.44. The van der Waals surface area contributed by atoms with Crippen LogP contribution in [0.3, 0.4) is 0 Å². The first-order valence-electron chi connectivity index (χ1n) is 8.77. The topological polar surface area (TPSA) is 86.8 Å². The molecule has 1 aliphatic rings. The Morgan fingerprint density at radius 3 is 2.68 bits per heavy atom. The van der Waals surface area contributed by atoms with Crippen LogP contribution in [0.5, 0.6) is 5.75 Å². The van der Waals surface area contributed by atoms with Gasteiger partial charge in [0.05, 0.1) is 24.2 Å². The monoisotopic (exact) mass is 423 g/mol. The Balaban J connectivity index is 1.51. The van der Waals surface area contributed by atoms with Gasteiger partial charge in [-0.25, -0.2) is 9.78 Å². The van der Waals surface area contributed by atoms with Crippen LogP contribution in [0, 0.1) is 0 Å². The van der Waals surface area contributed by atoms with Crippen LogP contribution in [0.2, 0.25) is 5.02 Å². The molecular formula is C18H22ClN5O3S. The summed E-state index contributed by atoms with van der Waals surface area (Å²) in [6.07, 6.45) is 0.102. The number of hydrogen-bond acceptors (Lipinski definition) is 6. The van der Waals surface area contributed by atoms with Gasteiger partial charge in [-0.05, 0) is 25.2 Å². The second-order valence-electron chi connectivity index (χ2n) is 6.44. The summed E-state index contributed by atoms with van der Waals surface area (Å²) in [6, 6.07) is 4.87. The van der Waals surface area contributed by atoms with E-state index in [1.165, 1.54) is 18.4 Å². The fourth-order valence-electron chi connectivity index (χ4n) is 2.74. The van der Waals surface area contributed by atoms with Crippen LogP contribution in [0.25, 0.3) is 0 Å². The van der Waals surface area contributed by atoms with Crippen molar-refractivity contribution in [1.82, 2.24) is 14.8 Å². The number of benzene rings is 1. The maximum atomic E-state index is 12.3. The summed E-state index contributed by atoms with van der Waals surface area (Å²) >= 11 is 7.36. The predicted octanol–water partition coefficient (Wildman–Crippen LogP) is 2.77. The molecule has 10 heteroatoms. The quantitative estimate of drug-likeness (QED) is 0.772. The molecule has 1 aromatic carbocycles. The summed E-state index contributed by atoms with van der Waals surface area (Å²) in [7, 11) is 3.56. The van der Waals surface area contributed by atoms with Crippen LogP contribution in [-0.4, -0.2) is 67.1 Å². The Kier molecular flexibility index (Phi) is 6.71. The first-order valence-corrected chi connectivity index (χ1v) is 10.0. The molecule has 1 saturated heterocycles. The molecule has 1 fully saturated rings. The summed E-state index contributed by atoms with van der Waals surface area (Å²) in [5.41, 5.74) is 1.17. The van der Waals surface area contributed by atoms with Gasteiger partial charge in [-0.1, -0.05) is 11.6 Å². The van der Waals surface area contributed by atoms with E-state index in [2.05, 4.69) is 20.5 Å². The van der Waals surface area contributed by atoms with Crippen LogP contribution < -0.4 is 15.4 Å². The molecular weight excluding hydrogens is 402 g/mol. The average Bonchev–Trinajstić information content (AvgIpc) is 3.09. The van der Waals surface area contributed by atoms with Gasteiger partial charge in [0.15, 0.2) is 5.13 Å². The first kappa shape index (κ1) is 20.4. The predicted molar refractivity (Wildman–Crippen MR) is 111 cm³/mol. The average molecular weight is 424 g/mol. The van der Waals surface area contributed by atoms with E-state index in [0.29, 0.717) is 40.4 Å². The fraction of sp³-hybridized carbons (Fsp3) is 0.389. The standard InChI is InChI=1S/C18H22ClN5O3S/c1-23-5-7-24(8-6-23)18(26)22-17-21-13(11-28-17)10-16(25)20-12-3-4-15(27-2)14(19)9-12/h3-4,9,11H,5-8,10H2,1-2H3,(H,20,25)(H,21,22,26). The van der Waals surface area contributed by atoms with E-state index < -0.39 is 0 Å². The second kappa shape index (κ2) is 9.22. The van der Waals surface area contributed by atoms with Crippen LogP contribution in [0.15, 0.2) is 23.6 Å². The number of carbonyl (C=O) groups excluding carboxylic acids is 2. The van der Waals surface area contributed by atoms with Gasteiger partial charge in [0.1, 0.15) is 5.75 Å². The normalized spacial score (nSPS) is 14.6. The summed E-state index contributed by atoms with van der Waals surface area (Å²) < 4.78 is 5.09. The Hall–Kier alpha value is -2.36. The van der Waals surface area contributed by atoms with Gasteiger partial charge in [-0.3, -0.25) is 10.1 Å². The molecule has 2 aromatic rings. The summed E-state index contributed by atoms with van der Waals surface area (Å²) in [4.78, 5) is 32.8. The van der Waals surface area contributed by atoms with Crippen molar-refractivity contribution < 1.29 is 14.3 Å². The number of halogens is 1. The lowest BCUT2D eigenvalue weighted by atomic mass is 10.2. The van der Waals surface area contributed by atoms with E-state index in [1.807, 2.05) is 7.05 Å². The molecule has 1 aliphatic heterocycles. The number of thiazole rings is 1. The van der Waals surface area contributed by atoms with Gasteiger partial charge >= 0.3 is 6.03 Å². The SMILES string of the molecule is COc1ccc(NC(=O)Cc2csc(NC(=O)N3CCN(C)CC3)n2)cc1Cl. The van der Waals surface area contributed by atoms with Crippen molar-refractivity contribution in [1.29, 1.82) is 0 Å². The zero-order chi connectivity index (χ0) is 20.1. The molecule has 2 heterocycles. The van der Waals surface area contributed by atoms with Gasteiger partial charge in [0.2, 0.25) is 5.91 Å². The minimum atomic E-state index is -0.219. The fourth-order valence-corrected chi connectivity index (χ4v) is 3.70. The van der Waals surface area contributed by atoms with Gasteiger partial charge in [-0.2, -0.15) is 0 Å². The largest absolute Gasteiger partial charge is 0.495 e. The lowest BCUT2D eigenvalue weighted by molar-refractivity contribution is -0.115. The van der Waals surface area contributed by atoms with Crippen molar-refractivity contribution in [3.05, 3.63) is 34.3 Å². The number of rotatable bonds is 5. The number of likely N-dealkylation sites (N-methyl/N-ethyl adjacent to an activating group) is 1. The highest BCUT2D eigenvalue weighted by Gasteiger charge is 2.20. The molecule has 3 amide bonds. The number of ether oxygens (including phenoxy) is 1. The number of urea groups is 1. The molecule has 1 aromatic heterocycles. The number of aromatic nitrogens is 1. The van der Waals surface area contributed by atoms with Crippen molar-refractivity contribution in [3.63, 3.8) is 0 Å². The highest BCUT2D eigenvalue weighted by atomic mass is 35.5. The third-order valence-electron chi connectivity index (χ3n) is 4.33. The minimum absolute atomic E-state index is 0.102. The smallest absolute Gasteiger partial charge is 0.323 e. The van der Waals surface area contributed by atoms with Crippen LogP contribution in [-0.2, 0) is 11.2 Å². The molecule has 0 unspecified atom stereocenters. The molecule has 0 saturated carbocycles. The maximum absolute atomic E-state index is 12.3. The molecule has 2 N–H and O–H groups in total. The van der Waals surface area contributed by atoms with E-state index in [0.717, 1.165) is 13.1 Å². The molecule has 0 radical (unpaired) electrons. The highest BCUT2D eigenvalue weighted by molar-refractivity contribution is 7.13. The number of carbonyl (C=O) groups is 2. The zero-order valence-corrected chi connectivity index (χ0v) is 17.3. The number of piperazine rings is 1.